The second kappa shape index (κ2) is 4.97. The van der Waals surface area contributed by atoms with Crippen LogP contribution >= 0.6 is 0 Å². The first-order valence-corrected chi connectivity index (χ1v) is 6.07. The number of hydrogen-bond acceptors (Lipinski definition) is 2. The number of nitrogens with one attached hydrogen (secondary N) is 1. The summed E-state index contributed by atoms with van der Waals surface area (Å²) in [5.41, 5.74) is 5.92. The van der Waals surface area contributed by atoms with Gasteiger partial charge in [-0.2, -0.15) is 0 Å². The zero-order chi connectivity index (χ0) is 11.5. The van der Waals surface area contributed by atoms with Crippen molar-refractivity contribution in [3.8, 4) is 0 Å². The fourth-order valence-corrected chi connectivity index (χ4v) is 2.14. The molecule has 1 aliphatic carbocycles. The van der Waals surface area contributed by atoms with Gasteiger partial charge in [0.25, 0.3) is 0 Å². The molecule has 1 amide bonds. The average Bonchev–Trinajstić information content (AvgIpc) is 2.09. The minimum Gasteiger partial charge on any atom is -0.349 e. The monoisotopic (exact) mass is 212 g/mol. The van der Waals surface area contributed by atoms with Crippen LogP contribution in [0.1, 0.15) is 52.9 Å². The lowest BCUT2D eigenvalue weighted by atomic mass is 9.74. The van der Waals surface area contributed by atoms with Gasteiger partial charge in [-0.25, -0.2) is 0 Å². The first kappa shape index (κ1) is 12.5. The topological polar surface area (TPSA) is 55.1 Å². The highest BCUT2D eigenvalue weighted by Crippen LogP contribution is 2.34. The molecule has 0 bridgehead atoms. The van der Waals surface area contributed by atoms with Crippen molar-refractivity contribution < 1.29 is 4.79 Å². The van der Waals surface area contributed by atoms with Crippen molar-refractivity contribution in [1.82, 2.24) is 5.32 Å². The fraction of sp³-hybridized carbons (Fsp3) is 0.917. The predicted molar refractivity (Wildman–Crippen MR) is 62.4 cm³/mol. The van der Waals surface area contributed by atoms with Gasteiger partial charge in [0.2, 0.25) is 5.91 Å². The Bertz CT molecular complexity index is 216. The van der Waals surface area contributed by atoms with Gasteiger partial charge in [0.15, 0.2) is 0 Å². The summed E-state index contributed by atoms with van der Waals surface area (Å²) in [7, 11) is 0. The minimum absolute atomic E-state index is 0.0326. The first-order valence-electron chi connectivity index (χ1n) is 6.07. The number of hydrogen-bond donors (Lipinski definition) is 2. The molecule has 0 aromatic heterocycles. The smallest absolute Gasteiger partial charge is 0.237 e. The lowest BCUT2D eigenvalue weighted by molar-refractivity contribution is -0.125. The van der Waals surface area contributed by atoms with E-state index in [0.29, 0.717) is 5.92 Å². The normalized spacial score (nSPS) is 20.9. The summed E-state index contributed by atoms with van der Waals surface area (Å²) in [6.45, 7) is 6.31. The predicted octanol–water partition coefficient (Wildman–Crippen LogP) is 1.81. The Morgan fingerprint density at radius 2 is 2.07 bits per heavy atom. The second-order valence-electron chi connectivity index (χ2n) is 5.21. The van der Waals surface area contributed by atoms with Gasteiger partial charge in [-0.1, -0.05) is 20.8 Å². The van der Waals surface area contributed by atoms with Crippen molar-refractivity contribution in [2.45, 2.75) is 64.5 Å². The molecule has 1 saturated carbocycles. The summed E-state index contributed by atoms with van der Waals surface area (Å²) in [4.78, 5) is 11.8. The van der Waals surface area contributed by atoms with Crippen molar-refractivity contribution in [3.63, 3.8) is 0 Å². The average molecular weight is 212 g/mol. The van der Waals surface area contributed by atoms with E-state index in [0.717, 1.165) is 25.7 Å². The Labute approximate surface area is 92.8 Å². The number of nitrogens with two attached hydrogens (primary N) is 1. The molecular formula is C12H24N2O. The summed E-state index contributed by atoms with van der Waals surface area (Å²) in [6, 6.07) is -0.339. The highest BCUT2D eigenvalue weighted by atomic mass is 16.2. The van der Waals surface area contributed by atoms with E-state index in [1.54, 1.807) is 0 Å². The number of carbonyl (C=O) groups excluding carboxylic acids is 1. The van der Waals surface area contributed by atoms with E-state index in [1.165, 1.54) is 6.42 Å². The van der Waals surface area contributed by atoms with Gasteiger partial charge < -0.3 is 11.1 Å². The Kier molecular flexibility index (Phi) is 4.14. The minimum atomic E-state index is -0.339. The maximum atomic E-state index is 11.8. The zero-order valence-corrected chi connectivity index (χ0v) is 10.2. The Morgan fingerprint density at radius 3 is 2.40 bits per heavy atom. The quantitative estimate of drug-likeness (QED) is 0.730. The largest absolute Gasteiger partial charge is 0.349 e. The molecule has 88 valence electrons. The summed E-state index contributed by atoms with van der Waals surface area (Å²) in [6.07, 6.45) is 5.25. The van der Waals surface area contributed by atoms with Gasteiger partial charge in [0, 0.05) is 5.54 Å². The molecule has 1 rings (SSSR count). The van der Waals surface area contributed by atoms with Crippen LogP contribution < -0.4 is 11.1 Å². The maximum absolute atomic E-state index is 11.8. The molecule has 0 aliphatic heterocycles. The molecule has 15 heavy (non-hydrogen) atoms. The molecular weight excluding hydrogens is 188 g/mol. The van der Waals surface area contributed by atoms with Crippen molar-refractivity contribution in [1.29, 1.82) is 0 Å². The van der Waals surface area contributed by atoms with Crippen LogP contribution in [0, 0.1) is 5.92 Å². The van der Waals surface area contributed by atoms with E-state index in [-0.39, 0.29) is 17.5 Å². The van der Waals surface area contributed by atoms with E-state index in [4.69, 9.17) is 5.73 Å². The molecule has 0 aromatic carbocycles. The van der Waals surface area contributed by atoms with Crippen LogP contribution in [0.3, 0.4) is 0 Å². The zero-order valence-electron chi connectivity index (χ0n) is 10.2. The Morgan fingerprint density at radius 1 is 1.47 bits per heavy atom. The lowest BCUT2D eigenvalue weighted by Crippen LogP contribution is -2.57. The summed E-state index contributed by atoms with van der Waals surface area (Å²) in [5.74, 6) is 0.509. The molecule has 0 heterocycles. The molecule has 0 unspecified atom stereocenters. The Balaban J connectivity index is 2.40. The summed E-state index contributed by atoms with van der Waals surface area (Å²) < 4.78 is 0. The third-order valence-corrected chi connectivity index (χ3v) is 3.44. The molecule has 0 aromatic rings. The van der Waals surface area contributed by atoms with Crippen LogP contribution in [0.25, 0.3) is 0 Å². The van der Waals surface area contributed by atoms with Crippen LogP contribution in [-0.2, 0) is 4.79 Å². The summed E-state index contributed by atoms with van der Waals surface area (Å²) in [5, 5.41) is 3.12. The fourth-order valence-electron chi connectivity index (χ4n) is 2.14. The van der Waals surface area contributed by atoms with Crippen LogP contribution in [0.4, 0.5) is 0 Å². The maximum Gasteiger partial charge on any atom is 0.237 e. The third kappa shape index (κ3) is 3.20. The highest BCUT2D eigenvalue weighted by molar-refractivity contribution is 5.82. The van der Waals surface area contributed by atoms with Gasteiger partial charge >= 0.3 is 0 Å². The van der Waals surface area contributed by atoms with Gasteiger partial charge in [-0.05, 0) is 38.0 Å². The molecule has 1 fully saturated rings. The van der Waals surface area contributed by atoms with Crippen molar-refractivity contribution >= 4 is 5.91 Å². The van der Waals surface area contributed by atoms with E-state index in [2.05, 4.69) is 26.1 Å². The molecule has 1 aliphatic rings. The van der Waals surface area contributed by atoms with E-state index < -0.39 is 0 Å². The molecule has 0 saturated heterocycles. The molecule has 3 N–H and O–H groups in total. The molecule has 0 radical (unpaired) electrons. The van der Waals surface area contributed by atoms with Crippen molar-refractivity contribution in [2.24, 2.45) is 11.7 Å². The van der Waals surface area contributed by atoms with Crippen LogP contribution in [0.15, 0.2) is 0 Å². The second-order valence-corrected chi connectivity index (χ2v) is 5.21. The van der Waals surface area contributed by atoms with Gasteiger partial charge in [-0.15, -0.1) is 0 Å². The SMILES string of the molecule is CCC1(NC(=O)[C@H](N)CC(C)C)CCC1. The van der Waals surface area contributed by atoms with Crippen LogP contribution in [0.5, 0.6) is 0 Å². The number of amides is 1. The molecule has 3 nitrogen and oxygen atoms in total. The van der Waals surface area contributed by atoms with Crippen LogP contribution in [-0.4, -0.2) is 17.5 Å². The summed E-state index contributed by atoms with van der Waals surface area (Å²) >= 11 is 0. The Hall–Kier alpha value is -0.570. The van der Waals surface area contributed by atoms with E-state index in [1.807, 2.05) is 0 Å². The number of rotatable bonds is 5. The standard InChI is InChI=1S/C12H24N2O/c1-4-12(6-5-7-12)14-11(15)10(13)8-9(2)3/h9-10H,4-8,13H2,1-3H3,(H,14,15)/t10-/m1/s1. The van der Waals surface area contributed by atoms with Gasteiger partial charge in [-0.3, -0.25) is 4.79 Å². The first-order chi connectivity index (χ1) is 6.99. The van der Waals surface area contributed by atoms with Gasteiger partial charge in [0.05, 0.1) is 6.04 Å². The third-order valence-electron chi connectivity index (χ3n) is 3.44. The molecule has 0 spiro atoms. The molecule has 1 atom stereocenters. The lowest BCUT2D eigenvalue weighted by Gasteiger charge is -2.42. The van der Waals surface area contributed by atoms with Crippen LogP contribution in [0.2, 0.25) is 0 Å². The van der Waals surface area contributed by atoms with E-state index >= 15 is 0 Å². The number of carbonyl (C=O) groups is 1. The van der Waals surface area contributed by atoms with Crippen molar-refractivity contribution in [3.05, 3.63) is 0 Å². The highest BCUT2D eigenvalue weighted by Gasteiger charge is 2.37. The van der Waals surface area contributed by atoms with Crippen molar-refractivity contribution in [2.75, 3.05) is 0 Å². The molecule has 3 heteroatoms. The van der Waals surface area contributed by atoms with Gasteiger partial charge in [0.1, 0.15) is 0 Å². The van der Waals surface area contributed by atoms with E-state index in [9.17, 15) is 4.79 Å².